The lowest BCUT2D eigenvalue weighted by Gasteiger charge is -2.16. The number of hydrogen-bond donors (Lipinski definition) is 0. The van der Waals surface area contributed by atoms with Crippen LogP contribution in [0.5, 0.6) is 11.5 Å². The van der Waals surface area contributed by atoms with Crippen LogP contribution >= 0.6 is 27.7 Å². The van der Waals surface area contributed by atoms with E-state index in [9.17, 15) is 14.9 Å². The number of imide groups is 1. The van der Waals surface area contributed by atoms with Crippen LogP contribution in [0.3, 0.4) is 0 Å². The molecule has 3 rings (SSSR count). The maximum absolute atomic E-state index is 12.6. The summed E-state index contributed by atoms with van der Waals surface area (Å²) in [7, 11) is 0. The van der Waals surface area contributed by atoms with Crippen molar-refractivity contribution in [2.75, 3.05) is 6.61 Å². The van der Waals surface area contributed by atoms with E-state index in [1.54, 1.807) is 44.2 Å². The Morgan fingerprint density at radius 3 is 2.61 bits per heavy atom. The average molecular weight is 501 g/mol. The molecule has 0 bridgehead atoms. The van der Waals surface area contributed by atoms with Gasteiger partial charge in [0.1, 0.15) is 6.61 Å². The first-order chi connectivity index (χ1) is 14.8. The fourth-order valence-electron chi connectivity index (χ4n) is 3.06. The summed E-state index contributed by atoms with van der Waals surface area (Å²) in [5.74, 6) is 0.704. The summed E-state index contributed by atoms with van der Waals surface area (Å²) >= 11 is 4.45. The van der Waals surface area contributed by atoms with Crippen LogP contribution in [-0.4, -0.2) is 28.7 Å². The van der Waals surface area contributed by atoms with Gasteiger partial charge < -0.3 is 9.47 Å². The number of rotatable bonds is 7. The molecule has 1 aliphatic rings. The van der Waals surface area contributed by atoms with Gasteiger partial charge >= 0.3 is 0 Å². The molecule has 8 heteroatoms. The van der Waals surface area contributed by atoms with Crippen LogP contribution in [0.15, 0.2) is 45.8 Å². The number of nitrogens with zero attached hydrogens (tertiary/aromatic N) is 2. The molecule has 0 atom stereocenters. The fraction of sp³-hybridized carbons (Fsp3) is 0.261. The summed E-state index contributed by atoms with van der Waals surface area (Å²) in [6.07, 6.45) is 1.68. The Hall–Kier alpha value is -2.76. The van der Waals surface area contributed by atoms with E-state index in [0.29, 0.717) is 38.6 Å². The van der Waals surface area contributed by atoms with Crippen LogP contribution < -0.4 is 9.47 Å². The largest absolute Gasteiger partial charge is 0.490 e. The van der Waals surface area contributed by atoms with Crippen molar-refractivity contribution in [3.8, 4) is 17.6 Å². The van der Waals surface area contributed by atoms with Crippen molar-refractivity contribution in [3.63, 3.8) is 0 Å². The number of nitriles is 1. The predicted molar refractivity (Wildman–Crippen MR) is 124 cm³/mol. The van der Waals surface area contributed by atoms with Gasteiger partial charge in [0.05, 0.1) is 27.6 Å². The number of thioether (sulfide) groups is 1. The molecule has 1 heterocycles. The SMILES string of the molecule is CCOc1cc(/C=C2/SC(=O)N(C(C)C)C2=O)cc(Br)c1OCc1ccccc1C#N. The van der Waals surface area contributed by atoms with Crippen molar-refractivity contribution in [1.82, 2.24) is 4.90 Å². The van der Waals surface area contributed by atoms with Gasteiger partial charge in [-0.25, -0.2) is 0 Å². The Bertz CT molecular complexity index is 1090. The normalized spacial score (nSPS) is 15.0. The summed E-state index contributed by atoms with van der Waals surface area (Å²) in [6, 6.07) is 12.8. The van der Waals surface area contributed by atoms with Crippen molar-refractivity contribution >= 4 is 44.9 Å². The van der Waals surface area contributed by atoms with Gasteiger partial charge in [-0.1, -0.05) is 18.2 Å². The number of carbonyl (C=O) groups excluding carboxylic acids is 2. The Morgan fingerprint density at radius 2 is 1.97 bits per heavy atom. The highest BCUT2D eigenvalue weighted by Gasteiger charge is 2.36. The monoisotopic (exact) mass is 500 g/mol. The van der Waals surface area contributed by atoms with Crippen LogP contribution in [0, 0.1) is 11.3 Å². The first kappa shape index (κ1) is 22.9. The minimum Gasteiger partial charge on any atom is -0.490 e. The molecule has 2 amide bonds. The molecule has 2 aromatic carbocycles. The second kappa shape index (κ2) is 10.0. The third-order valence-corrected chi connectivity index (χ3v) is 5.95. The van der Waals surface area contributed by atoms with Gasteiger partial charge in [-0.2, -0.15) is 5.26 Å². The lowest BCUT2D eigenvalue weighted by Crippen LogP contribution is -2.34. The van der Waals surface area contributed by atoms with Crippen LogP contribution in [0.4, 0.5) is 4.79 Å². The fourth-order valence-corrected chi connectivity index (χ4v) is 4.59. The third-order valence-electron chi connectivity index (χ3n) is 4.48. The van der Waals surface area contributed by atoms with E-state index in [4.69, 9.17) is 9.47 Å². The van der Waals surface area contributed by atoms with Crippen molar-refractivity contribution in [2.24, 2.45) is 0 Å². The molecular weight excluding hydrogens is 480 g/mol. The first-order valence-corrected chi connectivity index (χ1v) is 11.3. The van der Waals surface area contributed by atoms with E-state index in [0.717, 1.165) is 17.3 Å². The number of benzene rings is 2. The van der Waals surface area contributed by atoms with E-state index in [2.05, 4.69) is 22.0 Å². The van der Waals surface area contributed by atoms with Gasteiger partial charge in [-0.15, -0.1) is 0 Å². The zero-order chi connectivity index (χ0) is 22.5. The summed E-state index contributed by atoms with van der Waals surface area (Å²) in [6.45, 7) is 6.10. The van der Waals surface area contributed by atoms with Crippen LogP contribution in [-0.2, 0) is 11.4 Å². The topological polar surface area (TPSA) is 79.6 Å². The molecule has 6 nitrogen and oxygen atoms in total. The second-order valence-corrected chi connectivity index (χ2v) is 8.81. The Labute approximate surface area is 194 Å². The van der Waals surface area contributed by atoms with Crippen molar-refractivity contribution < 1.29 is 19.1 Å². The van der Waals surface area contributed by atoms with E-state index in [1.165, 1.54) is 4.90 Å². The molecule has 31 heavy (non-hydrogen) atoms. The minimum absolute atomic E-state index is 0.198. The molecule has 1 aliphatic heterocycles. The van der Waals surface area contributed by atoms with E-state index >= 15 is 0 Å². The molecular formula is C23H21BrN2O4S. The Kier molecular flexibility index (Phi) is 7.42. The lowest BCUT2D eigenvalue weighted by molar-refractivity contribution is -0.123. The van der Waals surface area contributed by atoms with E-state index in [1.807, 2.05) is 19.1 Å². The number of ether oxygens (including phenoxy) is 2. The molecule has 1 saturated heterocycles. The molecule has 0 unspecified atom stereocenters. The van der Waals surface area contributed by atoms with Gasteiger partial charge in [0.15, 0.2) is 11.5 Å². The zero-order valence-corrected chi connectivity index (χ0v) is 19.7. The summed E-state index contributed by atoms with van der Waals surface area (Å²) in [5, 5.41) is 9.00. The van der Waals surface area contributed by atoms with Crippen molar-refractivity contribution in [3.05, 3.63) is 62.5 Å². The highest BCUT2D eigenvalue weighted by molar-refractivity contribution is 9.10. The van der Waals surface area contributed by atoms with E-state index in [-0.39, 0.29) is 23.8 Å². The summed E-state index contributed by atoms with van der Waals surface area (Å²) in [5.41, 5.74) is 2.02. The van der Waals surface area contributed by atoms with Crippen molar-refractivity contribution in [2.45, 2.75) is 33.4 Å². The molecule has 0 radical (unpaired) electrons. The molecule has 0 N–H and O–H groups in total. The molecule has 2 aromatic rings. The van der Waals surface area contributed by atoms with Crippen LogP contribution in [0.1, 0.15) is 37.5 Å². The van der Waals surface area contributed by atoms with Gasteiger partial charge in [-0.3, -0.25) is 14.5 Å². The molecule has 0 spiro atoms. The third kappa shape index (κ3) is 5.12. The quantitative estimate of drug-likeness (QED) is 0.450. The van der Waals surface area contributed by atoms with Crippen molar-refractivity contribution in [1.29, 1.82) is 5.26 Å². The first-order valence-electron chi connectivity index (χ1n) is 9.69. The maximum atomic E-state index is 12.6. The standard InChI is InChI=1S/C23H21BrN2O4S/c1-4-29-19-10-15(11-20-22(27)26(14(2)3)23(28)31-20)9-18(24)21(19)30-13-17-8-6-5-7-16(17)12-25/h5-11,14H,4,13H2,1-3H3/b20-11+. The Morgan fingerprint density at radius 1 is 1.23 bits per heavy atom. The number of hydrogen-bond acceptors (Lipinski definition) is 6. The van der Waals surface area contributed by atoms with Gasteiger partial charge in [0.2, 0.25) is 0 Å². The molecule has 1 fully saturated rings. The van der Waals surface area contributed by atoms with Gasteiger partial charge in [0, 0.05) is 11.6 Å². The zero-order valence-electron chi connectivity index (χ0n) is 17.3. The van der Waals surface area contributed by atoms with Gasteiger partial charge in [0.25, 0.3) is 11.1 Å². The number of halogens is 1. The van der Waals surface area contributed by atoms with E-state index < -0.39 is 0 Å². The molecule has 0 saturated carbocycles. The average Bonchev–Trinajstić information content (AvgIpc) is 3.00. The summed E-state index contributed by atoms with van der Waals surface area (Å²) in [4.78, 5) is 26.3. The predicted octanol–water partition coefficient (Wildman–Crippen LogP) is 5.74. The number of carbonyl (C=O) groups is 2. The second-order valence-electron chi connectivity index (χ2n) is 6.97. The Balaban J connectivity index is 1.90. The van der Waals surface area contributed by atoms with Crippen LogP contribution in [0.25, 0.3) is 6.08 Å². The summed E-state index contributed by atoms with van der Waals surface area (Å²) < 4.78 is 12.4. The highest BCUT2D eigenvalue weighted by atomic mass is 79.9. The van der Waals surface area contributed by atoms with Crippen LogP contribution in [0.2, 0.25) is 0 Å². The molecule has 160 valence electrons. The minimum atomic E-state index is -0.299. The molecule has 0 aliphatic carbocycles. The number of amides is 2. The lowest BCUT2D eigenvalue weighted by atomic mass is 10.1. The molecule has 0 aromatic heterocycles. The highest BCUT2D eigenvalue weighted by Crippen LogP contribution is 2.40. The van der Waals surface area contributed by atoms with Gasteiger partial charge in [-0.05, 0) is 78.3 Å². The maximum Gasteiger partial charge on any atom is 0.293 e. The smallest absolute Gasteiger partial charge is 0.293 e.